The molecule has 2 heterocycles. The van der Waals surface area contributed by atoms with Gasteiger partial charge in [-0.05, 0) is 53.9 Å². The summed E-state index contributed by atoms with van der Waals surface area (Å²) in [5.74, 6) is 0.779. The second-order valence-electron chi connectivity index (χ2n) is 4.44. The van der Waals surface area contributed by atoms with E-state index >= 15 is 0 Å². The Balaban J connectivity index is 1.52. The van der Waals surface area contributed by atoms with Crippen molar-refractivity contribution in [2.24, 2.45) is 0 Å². The molecule has 1 N–H and O–H groups in total. The van der Waals surface area contributed by atoms with E-state index in [1.165, 1.54) is 12.8 Å². The number of hydrogen-bond donors (Lipinski definition) is 1. The SMILES string of the molecule is Brc1ccc(-c2nnc(CCCNC3CC3)s2)o1. The molecule has 96 valence electrons. The van der Waals surface area contributed by atoms with Crippen LogP contribution < -0.4 is 5.32 Å². The van der Waals surface area contributed by atoms with Crippen LogP contribution in [-0.4, -0.2) is 22.8 Å². The van der Waals surface area contributed by atoms with E-state index in [1.807, 2.05) is 12.1 Å². The third kappa shape index (κ3) is 3.18. The second kappa shape index (κ2) is 5.50. The average Bonchev–Trinajstić information content (AvgIpc) is 2.88. The molecular weight excluding hydrogens is 314 g/mol. The summed E-state index contributed by atoms with van der Waals surface area (Å²) in [7, 11) is 0. The third-order valence-corrected chi connectivity index (χ3v) is 4.25. The molecule has 0 saturated heterocycles. The Morgan fingerprint density at radius 3 is 3.00 bits per heavy atom. The number of aromatic nitrogens is 2. The van der Waals surface area contributed by atoms with Gasteiger partial charge < -0.3 is 9.73 Å². The Hall–Kier alpha value is -0.720. The monoisotopic (exact) mass is 327 g/mol. The van der Waals surface area contributed by atoms with Gasteiger partial charge in [0.1, 0.15) is 5.01 Å². The van der Waals surface area contributed by atoms with Crippen LogP contribution in [0.25, 0.3) is 10.8 Å². The Morgan fingerprint density at radius 1 is 1.39 bits per heavy atom. The van der Waals surface area contributed by atoms with Gasteiger partial charge in [-0.15, -0.1) is 10.2 Å². The van der Waals surface area contributed by atoms with E-state index < -0.39 is 0 Å². The lowest BCUT2D eigenvalue weighted by Crippen LogP contribution is -2.17. The maximum Gasteiger partial charge on any atom is 0.183 e. The minimum Gasteiger partial charge on any atom is -0.447 e. The summed E-state index contributed by atoms with van der Waals surface area (Å²) >= 11 is 4.90. The predicted molar refractivity (Wildman–Crippen MR) is 74.7 cm³/mol. The molecule has 2 aromatic rings. The summed E-state index contributed by atoms with van der Waals surface area (Å²) in [6, 6.07) is 4.56. The Labute approximate surface area is 118 Å². The number of nitrogens with zero attached hydrogens (tertiary/aromatic N) is 2. The number of nitrogens with one attached hydrogen (secondary N) is 1. The molecule has 1 aliphatic rings. The van der Waals surface area contributed by atoms with Crippen LogP contribution in [0.2, 0.25) is 0 Å². The zero-order valence-electron chi connectivity index (χ0n) is 9.86. The summed E-state index contributed by atoms with van der Waals surface area (Å²) in [5, 5.41) is 13.8. The Kier molecular flexibility index (Phi) is 3.77. The van der Waals surface area contributed by atoms with Gasteiger partial charge in [-0.3, -0.25) is 0 Å². The molecule has 6 heteroatoms. The van der Waals surface area contributed by atoms with E-state index in [0.29, 0.717) is 0 Å². The van der Waals surface area contributed by atoms with Gasteiger partial charge in [0.15, 0.2) is 15.4 Å². The fourth-order valence-corrected chi connectivity index (χ4v) is 2.87. The van der Waals surface area contributed by atoms with Crippen LogP contribution >= 0.6 is 27.3 Å². The average molecular weight is 328 g/mol. The van der Waals surface area contributed by atoms with Crippen LogP contribution in [0.1, 0.15) is 24.3 Å². The van der Waals surface area contributed by atoms with Crippen molar-refractivity contribution < 1.29 is 4.42 Å². The lowest BCUT2D eigenvalue weighted by Gasteiger charge is -1.99. The van der Waals surface area contributed by atoms with Gasteiger partial charge in [-0.1, -0.05) is 11.3 Å². The second-order valence-corrected chi connectivity index (χ2v) is 6.28. The lowest BCUT2D eigenvalue weighted by atomic mass is 10.3. The van der Waals surface area contributed by atoms with Gasteiger partial charge in [0, 0.05) is 12.5 Å². The quantitative estimate of drug-likeness (QED) is 0.827. The molecule has 0 bridgehead atoms. The number of rotatable bonds is 6. The zero-order chi connectivity index (χ0) is 12.4. The molecule has 0 radical (unpaired) electrons. The molecule has 0 spiro atoms. The van der Waals surface area contributed by atoms with Gasteiger partial charge >= 0.3 is 0 Å². The molecule has 0 unspecified atom stereocenters. The predicted octanol–water partition coefficient (Wildman–Crippen LogP) is 3.25. The van der Waals surface area contributed by atoms with Crippen molar-refractivity contribution in [2.45, 2.75) is 31.7 Å². The molecule has 0 atom stereocenters. The lowest BCUT2D eigenvalue weighted by molar-refractivity contribution is 0.554. The molecule has 18 heavy (non-hydrogen) atoms. The zero-order valence-corrected chi connectivity index (χ0v) is 12.3. The first kappa shape index (κ1) is 12.3. The summed E-state index contributed by atoms with van der Waals surface area (Å²) in [4.78, 5) is 0. The fourth-order valence-electron chi connectivity index (χ4n) is 1.72. The van der Waals surface area contributed by atoms with Crippen LogP contribution in [0.4, 0.5) is 0 Å². The molecule has 4 nitrogen and oxygen atoms in total. The molecule has 2 aromatic heterocycles. The number of hydrogen-bond acceptors (Lipinski definition) is 5. The van der Waals surface area contributed by atoms with Gasteiger partial charge in [0.25, 0.3) is 0 Å². The number of halogens is 1. The van der Waals surface area contributed by atoms with E-state index in [9.17, 15) is 0 Å². The van der Waals surface area contributed by atoms with Crippen molar-refractivity contribution in [3.05, 3.63) is 21.8 Å². The molecule has 0 aliphatic heterocycles. The van der Waals surface area contributed by atoms with Gasteiger partial charge in [-0.2, -0.15) is 0 Å². The smallest absolute Gasteiger partial charge is 0.183 e. The van der Waals surface area contributed by atoms with E-state index in [4.69, 9.17) is 4.42 Å². The minimum absolute atomic E-state index is 0.725. The highest BCUT2D eigenvalue weighted by Crippen LogP contribution is 2.27. The van der Waals surface area contributed by atoms with E-state index in [1.54, 1.807) is 11.3 Å². The van der Waals surface area contributed by atoms with Crippen molar-refractivity contribution >= 4 is 27.3 Å². The largest absolute Gasteiger partial charge is 0.447 e. The highest BCUT2D eigenvalue weighted by molar-refractivity contribution is 9.10. The van der Waals surface area contributed by atoms with Gasteiger partial charge in [0.05, 0.1) is 0 Å². The van der Waals surface area contributed by atoms with Crippen LogP contribution in [0.3, 0.4) is 0 Å². The summed E-state index contributed by atoms with van der Waals surface area (Å²) < 4.78 is 6.19. The van der Waals surface area contributed by atoms with Gasteiger partial charge in [0.2, 0.25) is 0 Å². The van der Waals surface area contributed by atoms with Crippen molar-refractivity contribution in [1.29, 1.82) is 0 Å². The minimum atomic E-state index is 0.725. The summed E-state index contributed by atoms with van der Waals surface area (Å²) in [6.45, 7) is 1.08. The van der Waals surface area contributed by atoms with Crippen LogP contribution in [0, 0.1) is 0 Å². The molecule has 1 saturated carbocycles. The molecule has 1 fully saturated rings. The highest BCUT2D eigenvalue weighted by Gasteiger charge is 2.19. The standard InChI is InChI=1S/C12H14BrN3OS/c13-10-6-5-9(17-10)12-16-15-11(18-12)2-1-7-14-8-3-4-8/h5-6,8,14H,1-4,7H2. The first-order valence-electron chi connectivity index (χ1n) is 6.13. The van der Waals surface area contributed by atoms with E-state index in [0.717, 1.165) is 45.9 Å². The molecule has 0 amide bonds. The highest BCUT2D eigenvalue weighted by atomic mass is 79.9. The Bertz CT molecular complexity index is 521. The first-order chi connectivity index (χ1) is 8.81. The normalized spacial score (nSPS) is 15.2. The molecular formula is C12H14BrN3OS. The van der Waals surface area contributed by atoms with Crippen molar-refractivity contribution in [1.82, 2.24) is 15.5 Å². The summed E-state index contributed by atoms with van der Waals surface area (Å²) in [5.41, 5.74) is 0. The Morgan fingerprint density at radius 2 is 2.28 bits per heavy atom. The van der Waals surface area contributed by atoms with Crippen molar-refractivity contribution in [2.75, 3.05) is 6.54 Å². The van der Waals surface area contributed by atoms with Crippen molar-refractivity contribution in [3.63, 3.8) is 0 Å². The van der Waals surface area contributed by atoms with Crippen LogP contribution in [-0.2, 0) is 6.42 Å². The number of furan rings is 1. The first-order valence-corrected chi connectivity index (χ1v) is 7.74. The van der Waals surface area contributed by atoms with Gasteiger partial charge in [-0.25, -0.2) is 0 Å². The maximum atomic E-state index is 5.46. The van der Waals surface area contributed by atoms with E-state index in [2.05, 4.69) is 31.4 Å². The summed E-state index contributed by atoms with van der Waals surface area (Å²) in [6.07, 6.45) is 4.79. The van der Waals surface area contributed by atoms with E-state index in [-0.39, 0.29) is 0 Å². The van der Waals surface area contributed by atoms with Crippen LogP contribution in [0.5, 0.6) is 0 Å². The third-order valence-electron chi connectivity index (χ3n) is 2.83. The van der Waals surface area contributed by atoms with Crippen LogP contribution in [0.15, 0.2) is 21.2 Å². The molecule has 1 aliphatic carbocycles. The van der Waals surface area contributed by atoms with Crippen molar-refractivity contribution in [3.8, 4) is 10.8 Å². The molecule has 0 aromatic carbocycles. The topological polar surface area (TPSA) is 51.0 Å². The fraction of sp³-hybridized carbons (Fsp3) is 0.500. The maximum absolute atomic E-state index is 5.46. The number of aryl methyl sites for hydroxylation is 1. The molecule has 3 rings (SSSR count).